The van der Waals surface area contributed by atoms with E-state index in [4.69, 9.17) is 4.42 Å². The molecule has 0 spiro atoms. The van der Waals surface area contributed by atoms with Gasteiger partial charge in [-0.2, -0.15) is 0 Å². The first-order valence-corrected chi connectivity index (χ1v) is 9.48. The standard InChI is InChI=1S/C14H16BrNO4S/c1-16-10-6-5-9(8-11(10)20-14(16)17)13(15)12-4-2-3-7-21(12,18)19/h5-6,8,12-13H,2-4,7H2,1H3. The predicted octanol–water partition coefficient (Wildman–Crippen LogP) is 2.53. The van der Waals surface area contributed by atoms with Crippen molar-refractivity contribution in [2.45, 2.75) is 29.3 Å². The number of nitrogens with zero attached hydrogens (tertiary/aromatic N) is 1. The van der Waals surface area contributed by atoms with Crippen molar-refractivity contribution in [3.05, 3.63) is 34.3 Å². The monoisotopic (exact) mass is 373 g/mol. The van der Waals surface area contributed by atoms with E-state index in [-0.39, 0.29) is 10.6 Å². The number of oxazole rings is 1. The smallest absolute Gasteiger partial charge is 0.408 e. The largest absolute Gasteiger partial charge is 0.419 e. The molecule has 7 heteroatoms. The van der Waals surface area contributed by atoms with Crippen molar-refractivity contribution in [2.75, 3.05) is 5.75 Å². The van der Waals surface area contributed by atoms with Crippen LogP contribution in [-0.2, 0) is 16.9 Å². The van der Waals surface area contributed by atoms with Crippen LogP contribution in [0.3, 0.4) is 0 Å². The molecule has 0 aliphatic carbocycles. The van der Waals surface area contributed by atoms with E-state index in [9.17, 15) is 13.2 Å². The molecule has 0 bridgehead atoms. The van der Waals surface area contributed by atoms with Crippen molar-refractivity contribution in [3.63, 3.8) is 0 Å². The molecule has 2 atom stereocenters. The van der Waals surface area contributed by atoms with Gasteiger partial charge in [0.1, 0.15) is 0 Å². The number of hydrogen-bond acceptors (Lipinski definition) is 4. The van der Waals surface area contributed by atoms with Gasteiger partial charge in [-0.3, -0.25) is 4.57 Å². The van der Waals surface area contributed by atoms with Crippen molar-refractivity contribution in [1.29, 1.82) is 0 Å². The zero-order valence-electron chi connectivity index (χ0n) is 11.6. The minimum absolute atomic E-state index is 0.252. The predicted molar refractivity (Wildman–Crippen MR) is 84.5 cm³/mol. The van der Waals surface area contributed by atoms with E-state index in [0.29, 0.717) is 17.5 Å². The first-order chi connectivity index (χ1) is 9.90. The topological polar surface area (TPSA) is 69.3 Å². The zero-order valence-corrected chi connectivity index (χ0v) is 14.0. The molecule has 0 radical (unpaired) electrons. The molecule has 1 fully saturated rings. The Morgan fingerprint density at radius 2 is 2.14 bits per heavy atom. The third kappa shape index (κ3) is 2.57. The summed E-state index contributed by atoms with van der Waals surface area (Å²) in [6.45, 7) is 0. The van der Waals surface area contributed by atoms with Crippen molar-refractivity contribution in [2.24, 2.45) is 7.05 Å². The van der Waals surface area contributed by atoms with Crippen LogP contribution in [0.2, 0.25) is 0 Å². The summed E-state index contributed by atoms with van der Waals surface area (Å²) < 4.78 is 31.0. The Labute approximate surface area is 131 Å². The summed E-state index contributed by atoms with van der Waals surface area (Å²) in [5, 5.41) is -0.417. The Morgan fingerprint density at radius 1 is 1.38 bits per heavy atom. The van der Waals surface area contributed by atoms with Crippen LogP contribution in [0, 0.1) is 0 Å². The van der Waals surface area contributed by atoms with E-state index in [1.807, 2.05) is 6.07 Å². The molecule has 2 heterocycles. The first-order valence-electron chi connectivity index (χ1n) is 6.85. The summed E-state index contributed by atoms with van der Waals surface area (Å²) in [5.74, 6) is -0.166. The summed E-state index contributed by atoms with van der Waals surface area (Å²) in [6.07, 6.45) is 2.33. The second-order valence-electron chi connectivity index (χ2n) is 5.46. The molecule has 0 N–H and O–H groups in total. The van der Waals surface area contributed by atoms with Crippen LogP contribution in [0.4, 0.5) is 0 Å². The Balaban J connectivity index is 2.01. The van der Waals surface area contributed by atoms with E-state index in [0.717, 1.165) is 18.4 Å². The van der Waals surface area contributed by atoms with Crippen molar-refractivity contribution >= 4 is 36.9 Å². The molecule has 2 unspecified atom stereocenters. The molecule has 114 valence electrons. The Morgan fingerprint density at radius 3 is 2.86 bits per heavy atom. The second kappa shape index (κ2) is 5.28. The lowest BCUT2D eigenvalue weighted by Crippen LogP contribution is -2.31. The lowest BCUT2D eigenvalue weighted by molar-refractivity contribution is 0.526. The van der Waals surface area contributed by atoms with E-state index >= 15 is 0 Å². The third-order valence-electron chi connectivity index (χ3n) is 4.09. The fourth-order valence-electron chi connectivity index (χ4n) is 2.84. The maximum Gasteiger partial charge on any atom is 0.419 e. The molecular formula is C14H16BrNO4S. The van der Waals surface area contributed by atoms with Crippen molar-refractivity contribution in [1.82, 2.24) is 4.57 Å². The van der Waals surface area contributed by atoms with E-state index in [1.54, 1.807) is 19.2 Å². The molecule has 0 amide bonds. The number of hydrogen-bond donors (Lipinski definition) is 0. The molecular weight excluding hydrogens is 358 g/mol. The van der Waals surface area contributed by atoms with Crippen LogP contribution in [-0.4, -0.2) is 24.0 Å². The van der Waals surface area contributed by atoms with E-state index in [2.05, 4.69) is 15.9 Å². The number of aryl methyl sites for hydroxylation is 1. The summed E-state index contributed by atoms with van der Waals surface area (Å²) in [6, 6.07) is 5.39. The zero-order chi connectivity index (χ0) is 15.2. The van der Waals surface area contributed by atoms with Gasteiger partial charge in [0.15, 0.2) is 15.4 Å². The summed E-state index contributed by atoms with van der Waals surface area (Å²) in [7, 11) is -1.43. The molecule has 21 heavy (non-hydrogen) atoms. The molecule has 0 saturated carbocycles. The lowest BCUT2D eigenvalue weighted by atomic mass is 10.0. The number of alkyl halides is 1. The van der Waals surface area contributed by atoms with Gasteiger partial charge in [0.2, 0.25) is 0 Å². The molecule has 1 saturated heterocycles. The highest BCUT2D eigenvalue weighted by atomic mass is 79.9. The average molecular weight is 374 g/mol. The van der Waals surface area contributed by atoms with Crippen LogP contribution >= 0.6 is 15.9 Å². The number of sulfone groups is 1. The second-order valence-corrected chi connectivity index (χ2v) is 8.78. The molecule has 2 aromatic rings. The van der Waals surface area contributed by atoms with Gasteiger partial charge in [-0.15, -0.1) is 0 Å². The average Bonchev–Trinajstić information content (AvgIpc) is 2.72. The fraction of sp³-hybridized carbons (Fsp3) is 0.500. The van der Waals surface area contributed by atoms with Gasteiger partial charge >= 0.3 is 5.76 Å². The molecule has 1 aromatic heterocycles. The highest BCUT2D eigenvalue weighted by Crippen LogP contribution is 2.37. The molecule has 1 aliphatic rings. The van der Waals surface area contributed by atoms with Gasteiger partial charge < -0.3 is 4.42 Å². The Kier molecular flexibility index (Phi) is 3.73. The van der Waals surface area contributed by atoms with Gasteiger partial charge in [0, 0.05) is 7.05 Å². The quantitative estimate of drug-likeness (QED) is 0.758. The van der Waals surface area contributed by atoms with Gasteiger partial charge in [0.05, 0.1) is 21.3 Å². The Bertz CT molecular complexity index is 836. The van der Waals surface area contributed by atoms with Gasteiger partial charge in [0.25, 0.3) is 0 Å². The number of rotatable bonds is 2. The molecule has 1 aromatic carbocycles. The van der Waals surface area contributed by atoms with Gasteiger partial charge in [-0.1, -0.05) is 28.4 Å². The number of halogens is 1. The van der Waals surface area contributed by atoms with Gasteiger partial charge in [-0.25, -0.2) is 13.2 Å². The molecule has 5 nitrogen and oxygen atoms in total. The number of benzene rings is 1. The van der Waals surface area contributed by atoms with Gasteiger partial charge in [-0.05, 0) is 30.5 Å². The SMILES string of the molecule is Cn1c(=O)oc2cc(C(Br)C3CCCCS3(=O)=O)ccc21. The normalized spacial score (nSPS) is 23.2. The van der Waals surface area contributed by atoms with Crippen molar-refractivity contribution < 1.29 is 12.8 Å². The molecule has 1 aliphatic heterocycles. The van der Waals surface area contributed by atoms with Crippen LogP contribution < -0.4 is 5.76 Å². The molecule has 3 rings (SSSR count). The van der Waals surface area contributed by atoms with Crippen LogP contribution in [0.1, 0.15) is 29.7 Å². The highest BCUT2D eigenvalue weighted by molar-refractivity contribution is 9.09. The van der Waals surface area contributed by atoms with Crippen LogP contribution in [0.15, 0.2) is 27.4 Å². The summed E-state index contributed by atoms with van der Waals surface area (Å²) in [5.41, 5.74) is 2.01. The Hall–Kier alpha value is -1.08. The lowest BCUT2D eigenvalue weighted by Gasteiger charge is -2.26. The highest BCUT2D eigenvalue weighted by Gasteiger charge is 2.35. The van der Waals surface area contributed by atoms with E-state index in [1.165, 1.54) is 4.57 Å². The summed E-state index contributed by atoms with van der Waals surface area (Å²) >= 11 is 3.53. The number of aromatic nitrogens is 1. The first kappa shape index (κ1) is 14.8. The number of fused-ring (bicyclic) bond motifs is 1. The third-order valence-corrected chi connectivity index (χ3v) is 7.89. The minimum atomic E-state index is -3.07. The van der Waals surface area contributed by atoms with E-state index < -0.39 is 20.8 Å². The maximum atomic E-state index is 12.2. The van der Waals surface area contributed by atoms with Crippen LogP contribution in [0.5, 0.6) is 0 Å². The van der Waals surface area contributed by atoms with Crippen molar-refractivity contribution in [3.8, 4) is 0 Å². The van der Waals surface area contributed by atoms with Crippen LogP contribution in [0.25, 0.3) is 11.1 Å². The maximum absolute atomic E-state index is 12.2. The minimum Gasteiger partial charge on any atom is -0.408 e. The fourth-order valence-corrected chi connectivity index (χ4v) is 6.34. The summed E-state index contributed by atoms with van der Waals surface area (Å²) in [4.78, 5) is 11.2.